The number of ether oxygens (including phenoxy) is 1. The monoisotopic (exact) mass is 381 g/mol. The number of rotatable bonds is 9. The Morgan fingerprint density at radius 2 is 1.96 bits per heavy atom. The fourth-order valence-corrected chi connectivity index (χ4v) is 5.18. The first-order valence-electron chi connectivity index (χ1n) is 8.17. The second-order valence-electron chi connectivity index (χ2n) is 5.63. The highest BCUT2D eigenvalue weighted by molar-refractivity contribution is 7.91. The number of sulfone groups is 1. The molecule has 1 aromatic heterocycles. The molecule has 1 N–H and O–H groups in total. The van der Waals surface area contributed by atoms with Gasteiger partial charge in [-0.2, -0.15) is 0 Å². The molecule has 0 saturated heterocycles. The summed E-state index contributed by atoms with van der Waals surface area (Å²) in [6.07, 6.45) is 2.13. The lowest BCUT2D eigenvalue weighted by atomic mass is 10.2. The Kier molecular flexibility index (Phi) is 7.01. The van der Waals surface area contributed by atoms with Crippen molar-refractivity contribution in [1.29, 1.82) is 0 Å². The Labute approximate surface area is 152 Å². The first-order chi connectivity index (χ1) is 12.0. The molecule has 0 radical (unpaired) electrons. The summed E-state index contributed by atoms with van der Waals surface area (Å²) >= 11 is 1.37. The summed E-state index contributed by atoms with van der Waals surface area (Å²) in [5, 5.41) is 3.81. The van der Waals surface area contributed by atoms with Gasteiger partial charge in [-0.1, -0.05) is 19.4 Å². The van der Waals surface area contributed by atoms with Crippen LogP contribution in [0.5, 0.6) is 5.75 Å². The first-order valence-corrected chi connectivity index (χ1v) is 10.6. The van der Waals surface area contributed by atoms with Gasteiger partial charge >= 0.3 is 0 Å². The molecular weight excluding hydrogens is 358 g/mol. The van der Waals surface area contributed by atoms with Crippen LogP contribution in [-0.2, 0) is 14.6 Å². The summed E-state index contributed by atoms with van der Waals surface area (Å²) < 4.78 is 31.2. The van der Waals surface area contributed by atoms with Crippen molar-refractivity contribution in [2.24, 2.45) is 0 Å². The van der Waals surface area contributed by atoms with E-state index in [4.69, 9.17) is 4.74 Å². The van der Waals surface area contributed by atoms with Gasteiger partial charge in [0.05, 0.1) is 12.0 Å². The number of carbonyl (C=O) groups excluding carboxylic acids is 1. The minimum atomic E-state index is -3.63. The SMILES string of the molecule is CCCCC(=O)NCC(c1cccs1)S(=O)(=O)c1ccc(OC)cc1. The van der Waals surface area contributed by atoms with Crippen molar-refractivity contribution >= 4 is 27.1 Å². The molecule has 25 heavy (non-hydrogen) atoms. The largest absolute Gasteiger partial charge is 0.497 e. The van der Waals surface area contributed by atoms with Crippen molar-refractivity contribution < 1.29 is 17.9 Å². The van der Waals surface area contributed by atoms with Gasteiger partial charge < -0.3 is 10.1 Å². The molecule has 0 bridgehead atoms. The fraction of sp³-hybridized carbons (Fsp3) is 0.389. The normalized spacial score (nSPS) is 12.6. The molecule has 0 aliphatic carbocycles. The third kappa shape index (κ3) is 5.06. The van der Waals surface area contributed by atoms with Gasteiger partial charge in [0, 0.05) is 17.8 Å². The van der Waals surface area contributed by atoms with Gasteiger partial charge in [0.25, 0.3) is 0 Å². The minimum Gasteiger partial charge on any atom is -0.497 e. The second kappa shape index (κ2) is 9.01. The first kappa shape index (κ1) is 19.5. The van der Waals surface area contributed by atoms with Crippen LogP contribution in [0.25, 0.3) is 0 Å². The van der Waals surface area contributed by atoms with E-state index in [-0.39, 0.29) is 17.3 Å². The second-order valence-corrected chi connectivity index (χ2v) is 8.74. The van der Waals surface area contributed by atoms with Crippen LogP contribution in [0, 0.1) is 0 Å². The standard InChI is InChI=1S/C18H23NO4S2/c1-3-4-7-18(20)19-13-17(16-6-5-12-24-16)25(21,22)15-10-8-14(23-2)9-11-15/h5-6,8-12,17H,3-4,7,13H2,1-2H3,(H,19,20). The van der Waals surface area contributed by atoms with Gasteiger partial charge in [0.2, 0.25) is 5.91 Å². The summed E-state index contributed by atoms with van der Waals surface area (Å²) in [4.78, 5) is 12.8. The molecule has 0 spiro atoms. The van der Waals surface area contributed by atoms with E-state index in [2.05, 4.69) is 5.32 Å². The van der Waals surface area contributed by atoms with Crippen LogP contribution in [0.1, 0.15) is 36.3 Å². The number of nitrogens with one attached hydrogen (secondary N) is 1. The summed E-state index contributed by atoms with van der Waals surface area (Å²) in [6.45, 7) is 2.08. The summed E-state index contributed by atoms with van der Waals surface area (Å²) in [5.41, 5.74) is 0. The van der Waals surface area contributed by atoms with Crippen LogP contribution in [0.2, 0.25) is 0 Å². The van der Waals surface area contributed by atoms with Crippen molar-refractivity contribution in [1.82, 2.24) is 5.32 Å². The molecule has 1 atom stereocenters. The molecule has 0 saturated carbocycles. The van der Waals surface area contributed by atoms with Crippen molar-refractivity contribution in [2.45, 2.75) is 36.3 Å². The quantitative estimate of drug-likeness (QED) is 0.721. The summed E-state index contributed by atoms with van der Waals surface area (Å²) in [7, 11) is -2.09. The smallest absolute Gasteiger partial charge is 0.220 e. The van der Waals surface area contributed by atoms with E-state index in [0.29, 0.717) is 17.0 Å². The number of carbonyl (C=O) groups is 1. The van der Waals surface area contributed by atoms with Crippen LogP contribution in [0.4, 0.5) is 0 Å². The van der Waals surface area contributed by atoms with Crippen LogP contribution >= 0.6 is 11.3 Å². The van der Waals surface area contributed by atoms with Gasteiger partial charge in [0.1, 0.15) is 11.0 Å². The zero-order chi connectivity index (χ0) is 18.3. The highest BCUT2D eigenvalue weighted by atomic mass is 32.2. The van der Waals surface area contributed by atoms with Crippen molar-refractivity contribution in [3.63, 3.8) is 0 Å². The lowest BCUT2D eigenvalue weighted by Gasteiger charge is -2.17. The van der Waals surface area contributed by atoms with Gasteiger partial charge in [-0.25, -0.2) is 8.42 Å². The predicted octanol–water partition coefficient (Wildman–Crippen LogP) is 3.58. The molecule has 1 aromatic carbocycles. The maximum atomic E-state index is 13.1. The Hall–Kier alpha value is -1.86. The van der Waals surface area contributed by atoms with Crippen molar-refractivity contribution in [3.05, 3.63) is 46.7 Å². The molecule has 1 heterocycles. The third-order valence-corrected chi connectivity index (χ3v) is 7.10. The lowest BCUT2D eigenvalue weighted by molar-refractivity contribution is -0.121. The number of benzene rings is 1. The van der Waals surface area contributed by atoms with E-state index in [1.807, 2.05) is 18.4 Å². The van der Waals surface area contributed by atoms with Crippen LogP contribution in [-0.4, -0.2) is 28.0 Å². The topological polar surface area (TPSA) is 72.5 Å². The van der Waals surface area contributed by atoms with E-state index < -0.39 is 15.1 Å². The van der Waals surface area contributed by atoms with Gasteiger partial charge in [-0.3, -0.25) is 4.79 Å². The maximum Gasteiger partial charge on any atom is 0.220 e. The van der Waals surface area contributed by atoms with E-state index in [1.165, 1.54) is 30.6 Å². The Morgan fingerprint density at radius 3 is 2.52 bits per heavy atom. The Bertz CT molecular complexity index is 768. The molecule has 0 aliphatic heterocycles. The Balaban J connectivity index is 2.23. The molecular formula is C18H23NO4S2. The van der Waals surface area contributed by atoms with Gasteiger partial charge in [0.15, 0.2) is 9.84 Å². The molecule has 136 valence electrons. The van der Waals surface area contributed by atoms with E-state index in [0.717, 1.165) is 12.8 Å². The molecule has 1 unspecified atom stereocenters. The third-order valence-electron chi connectivity index (χ3n) is 3.87. The molecule has 2 aromatic rings. The van der Waals surface area contributed by atoms with Crippen LogP contribution in [0.3, 0.4) is 0 Å². The lowest BCUT2D eigenvalue weighted by Crippen LogP contribution is -2.31. The summed E-state index contributed by atoms with van der Waals surface area (Å²) in [5.74, 6) is 0.479. The van der Waals surface area contributed by atoms with E-state index >= 15 is 0 Å². The molecule has 0 aliphatic rings. The molecule has 1 amide bonds. The predicted molar refractivity (Wildman–Crippen MR) is 99.8 cm³/mol. The van der Waals surface area contributed by atoms with Gasteiger partial charge in [-0.15, -0.1) is 11.3 Å². The number of thiophene rings is 1. The molecule has 7 heteroatoms. The zero-order valence-corrected chi connectivity index (χ0v) is 16.0. The van der Waals surface area contributed by atoms with E-state index in [1.54, 1.807) is 18.2 Å². The van der Waals surface area contributed by atoms with Crippen LogP contribution < -0.4 is 10.1 Å². The highest BCUT2D eigenvalue weighted by Gasteiger charge is 2.30. The molecule has 5 nitrogen and oxygen atoms in total. The average Bonchev–Trinajstić information content (AvgIpc) is 3.14. The molecule has 0 fully saturated rings. The number of amides is 1. The minimum absolute atomic E-state index is 0.0669. The van der Waals surface area contributed by atoms with Crippen molar-refractivity contribution in [3.8, 4) is 5.75 Å². The number of hydrogen-bond donors (Lipinski definition) is 1. The number of methoxy groups -OCH3 is 1. The highest BCUT2D eigenvalue weighted by Crippen LogP contribution is 2.32. The number of hydrogen-bond acceptors (Lipinski definition) is 5. The summed E-state index contributed by atoms with van der Waals surface area (Å²) in [6, 6.07) is 9.92. The van der Waals surface area contributed by atoms with E-state index in [9.17, 15) is 13.2 Å². The Morgan fingerprint density at radius 1 is 1.24 bits per heavy atom. The van der Waals surface area contributed by atoms with Crippen molar-refractivity contribution in [2.75, 3.05) is 13.7 Å². The molecule has 2 rings (SSSR count). The maximum absolute atomic E-state index is 13.1. The van der Waals surface area contributed by atoms with Crippen LogP contribution in [0.15, 0.2) is 46.7 Å². The zero-order valence-electron chi connectivity index (χ0n) is 14.4. The van der Waals surface area contributed by atoms with Gasteiger partial charge in [-0.05, 0) is 42.1 Å². The number of unbranched alkanes of at least 4 members (excludes halogenated alkanes) is 1. The fourth-order valence-electron chi connectivity index (χ4n) is 2.40. The average molecular weight is 382 g/mol.